The van der Waals surface area contributed by atoms with Gasteiger partial charge in [0.25, 0.3) is 0 Å². The van der Waals surface area contributed by atoms with Crippen LogP contribution in [0.2, 0.25) is 0 Å². The largest absolute Gasteiger partial charge is 0.480 e. The second-order valence-electron chi connectivity index (χ2n) is 3.98. The molecule has 0 fully saturated rings. The number of rotatable bonds is 8. The van der Waals surface area contributed by atoms with Crippen LogP contribution in [0.3, 0.4) is 0 Å². The highest BCUT2D eigenvalue weighted by Crippen LogP contribution is 1.99. The fraction of sp³-hybridized carbons (Fsp3) is 0.455. The van der Waals surface area contributed by atoms with Crippen molar-refractivity contribution in [1.82, 2.24) is 15.1 Å². The first-order valence-corrected chi connectivity index (χ1v) is 5.77. The maximum absolute atomic E-state index is 11.6. The van der Waals surface area contributed by atoms with Gasteiger partial charge in [-0.1, -0.05) is 0 Å². The van der Waals surface area contributed by atoms with E-state index in [1.807, 2.05) is 0 Å². The molecule has 0 unspecified atom stereocenters. The van der Waals surface area contributed by atoms with Crippen molar-refractivity contribution in [3.63, 3.8) is 0 Å². The van der Waals surface area contributed by atoms with E-state index in [1.54, 1.807) is 23.1 Å². The summed E-state index contributed by atoms with van der Waals surface area (Å²) >= 11 is 0. The van der Waals surface area contributed by atoms with Gasteiger partial charge >= 0.3 is 5.97 Å². The van der Waals surface area contributed by atoms with Crippen molar-refractivity contribution in [3.8, 4) is 0 Å². The van der Waals surface area contributed by atoms with Crippen LogP contribution in [0.1, 0.15) is 19.3 Å². The average molecular weight is 268 g/mol. The molecule has 0 saturated heterocycles. The van der Waals surface area contributed by atoms with Crippen LogP contribution in [-0.4, -0.2) is 38.7 Å². The number of hydrogen-bond acceptors (Lipinski definition) is 4. The van der Waals surface area contributed by atoms with E-state index in [9.17, 15) is 14.4 Å². The van der Waals surface area contributed by atoms with Crippen LogP contribution in [0.15, 0.2) is 18.5 Å². The monoisotopic (exact) mass is 268 g/mol. The van der Waals surface area contributed by atoms with Gasteiger partial charge in [0, 0.05) is 31.8 Å². The molecule has 1 aromatic heterocycles. The number of nitrogens with one attached hydrogen (secondary N) is 1. The average Bonchev–Trinajstić information content (AvgIpc) is 2.84. The molecule has 8 nitrogen and oxygen atoms in total. The molecule has 0 spiro atoms. The molecule has 104 valence electrons. The highest BCUT2D eigenvalue weighted by molar-refractivity contribution is 5.84. The first kappa shape index (κ1) is 14.7. The Bertz CT molecular complexity index is 444. The van der Waals surface area contributed by atoms with Gasteiger partial charge in [-0.15, -0.1) is 0 Å². The van der Waals surface area contributed by atoms with Crippen molar-refractivity contribution in [2.75, 3.05) is 0 Å². The Morgan fingerprint density at radius 1 is 1.37 bits per heavy atom. The number of aromatic nitrogens is 2. The van der Waals surface area contributed by atoms with Crippen LogP contribution in [0.25, 0.3) is 0 Å². The summed E-state index contributed by atoms with van der Waals surface area (Å²) < 4.78 is 1.57. The van der Waals surface area contributed by atoms with Crippen LogP contribution < -0.4 is 11.1 Å². The molecule has 1 aromatic rings. The van der Waals surface area contributed by atoms with Gasteiger partial charge in [-0.05, 0) is 12.5 Å². The molecule has 1 heterocycles. The summed E-state index contributed by atoms with van der Waals surface area (Å²) in [6.45, 7) is 0.362. The van der Waals surface area contributed by atoms with E-state index < -0.39 is 23.8 Å². The molecule has 1 rings (SSSR count). The van der Waals surface area contributed by atoms with Crippen LogP contribution in [0.4, 0.5) is 0 Å². The van der Waals surface area contributed by atoms with Crippen molar-refractivity contribution in [3.05, 3.63) is 18.5 Å². The number of nitrogens with zero attached hydrogens (tertiary/aromatic N) is 2. The van der Waals surface area contributed by atoms with Crippen LogP contribution in [-0.2, 0) is 20.9 Å². The van der Waals surface area contributed by atoms with Gasteiger partial charge in [0.15, 0.2) is 0 Å². The second-order valence-corrected chi connectivity index (χ2v) is 3.98. The third kappa shape index (κ3) is 5.66. The molecule has 0 aromatic carbocycles. The van der Waals surface area contributed by atoms with E-state index in [0.717, 1.165) is 0 Å². The minimum Gasteiger partial charge on any atom is -0.480 e. The third-order valence-electron chi connectivity index (χ3n) is 2.44. The van der Waals surface area contributed by atoms with Crippen molar-refractivity contribution in [2.24, 2.45) is 5.73 Å². The number of primary amides is 1. The summed E-state index contributed by atoms with van der Waals surface area (Å²) in [5, 5.41) is 15.2. The molecule has 0 saturated carbocycles. The summed E-state index contributed by atoms with van der Waals surface area (Å²) in [5.74, 6) is -2.20. The Morgan fingerprint density at radius 3 is 2.63 bits per heavy atom. The Balaban J connectivity index is 2.38. The highest BCUT2D eigenvalue weighted by atomic mass is 16.4. The molecule has 0 bridgehead atoms. The fourth-order valence-electron chi connectivity index (χ4n) is 1.46. The first-order chi connectivity index (χ1) is 8.99. The number of aliphatic carboxylic acids is 1. The van der Waals surface area contributed by atoms with Crippen LogP contribution in [0, 0.1) is 0 Å². The quantitative estimate of drug-likeness (QED) is 0.563. The lowest BCUT2D eigenvalue weighted by Gasteiger charge is -2.13. The van der Waals surface area contributed by atoms with E-state index in [0.29, 0.717) is 6.54 Å². The molecular weight excluding hydrogens is 252 g/mol. The smallest absolute Gasteiger partial charge is 0.326 e. The predicted octanol–water partition coefficient (Wildman–Crippen LogP) is -0.892. The molecule has 0 aliphatic heterocycles. The number of carbonyl (C=O) groups is 3. The second kappa shape index (κ2) is 7.14. The topological polar surface area (TPSA) is 127 Å². The number of carboxylic acids is 1. The highest BCUT2D eigenvalue weighted by Gasteiger charge is 2.20. The zero-order valence-electron chi connectivity index (χ0n) is 10.3. The van der Waals surface area contributed by atoms with E-state index in [1.165, 1.54) is 0 Å². The number of carboxylic acid groups (broad SMARTS) is 1. The van der Waals surface area contributed by atoms with E-state index in [2.05, 4.69) is 10.4 Å². The Kier molecular flexibility index (Phi) is 5.52. The van der Waals surface area contributed by atoms with Gasteiger partial charge in [-0.2, -0.15) is 5.10 Å². The van der Waals surface area contributed by atoms with Crippen LogP contribution in [0.5, 0.6) is 0 Å². The minimum atomic E-state index is -1.19. The molecule has 1 atom stereocenters. The maximum Gasteiger partial charge on any atom is 0.326 e. The predicted molar refractivity (Wildman–Crippen MR) is 64.8 cm³/mol. The minimum absolute atomic E-state index is 0.0157. The number of amides is 2. The van der Waals surface area contributed by atoms with Gasteiger partial charge in [0.05, 0.1) is 0 Å². The molecule has 0 radical (unpaired) electrons. The van der Waals surface area contributed by atoms with E-state index in [4.69, 9.17) is 10.8 Å². The Morgan fingerprint density at radius 2 is 2.11 bits per heavy atom. The standard InChI is InChI=1S/C11H16N4O4/c12-9(16)3-2-8(11(18)19)14-10(17)4-7-15-6-1-5-13-15/h1,5-6,8H,2-4,7H2,(H2,12,16)(H,14,17)(H,18,19)/t8-/m0/s1. The SMILES string of the molecule is NC(=O)CC[C@H](NC(=O)CCn1cccn1)C(=O)O. The Hall–Kier alpha value is -2.38. The molecule has 0 aliphatic carbocycles. The summed E-state index contributed by atoms with van der Waals surface area (Å²) in [4.78, 5) is 33.1. The lowest BCUT2D eigenvalue weighted by Crippen LogP contribution is -2.41. The zero-order valence-corrected chi connectivity index (χ0v) is 10.3. The lowest BCUT2D eigenvalue weighted by atomic mass is 10.1. The molecule has 19 heavy (non-hydrogen) atoms. The third-order valence-corrected chi connectivity index (χ3v) is 2.44. The van der Waals surface area contributed by atoms with Crippen molar-refractivity contribution in [2.45, 2.75) is 31.8 Å². The van der Waals surface area contributed by atoms with Crippen LogP contribution >= 0.6 is 0 Å². The fourth-order valence-corrected chi connectivity index (χ4v) is 1.46. The first-order valence-electron chi connectivity index (χ1n) is 5.77. The molecular formula is C11H16N4O4. The van der Waals surface area contributed by atoms with Gasteiger partial charge in [0.2, 0.25) is 11.8 Å². The molecule has 8 heteroatoms. The normalized spacial score (nSPS) is 11.8. The number of nitrogens with two attached hydrogens (primary N) is 1. The number of carbonyl (C=O) groups excluding carboxylic acids is 2. The molecule has 0 aliphatic rings. The summed E-state index contributed by atoms with van der Waals surface area (Å²) in [7, 11) is 0. The molecule has 2 amide bonds. The van der Waals surface area contributed by atoms with E-state index >= 15 is 0 Å². The van der Waals surface area contributed by atoms with Crippen molar-refractivity contribution >= 4 is 17.8 Å². The summed E-state index contributed by atoms with van der Waals surface area (Å²) in [5.41, 5.74) is 4.94. The van der Waals surface area contributed by atoms with Gasteiger partial charge in [-0.25, -0.2) is 4.79 Å². The maximum atomic E-state index is 11.6. The number of hydrogen-bond donors (Lipinski definition) is 3. The summed E-state index contributed by atoms with van der Waals surface area (Å²) in [6, 6.07) is 0.628. The summed E-state index contributed by atoms with van der Waals surface area (Å²) in [6.07, 6.45) is 3.30. The van der Waals surface area contributed by atoms with E-state index in [-0.39, 0.29) is 19.3 Å². The van der Waals surface area contributed by atoms with Crippen molar-refractivity contribution in [1.29, 1.82) is 0 Å². The van der Waals surface area contributed by atoms with Crippen molar-refractivity contribution < 1.29 is 19.5 Å². The zero-order chi connectivity index (χ0) is 14.3. The van der Waals surface area contributed by atoms with Gasteiger partial charge in [-0.3, -0.25) is 14.3 Å². The Labute approximate surface area is 109 Å². The molecule has 4 N–H and O–H groups in total. The lowest BCUT2D eigenvalue weighted by molar-refractivity contribution is -0.142. The number of aryl methyl sites for hydroxylation is 1. The van der Waals surface area contributed by atoms with Gasteiger partial charge < -0.3 is 16.2 Å². The van der Waals surface area contributed by atoms with Gasteiger partial charge in [0.1, 0.15) is 6.04 Å².